The first kappa shape index (κ1) is 27.8. The first-order valence-electron chi connectivity index (χ1n) is 11.3. The number of nitrogens with one attached hydrogen (secondary N) is 4. The molecule has 39 heavy (non-hydrogen) atoms. The molecule has 0 bridgehead atoms. The number of halogens is 3. The van der Waals surface area contributed by atoms with Crippen LogP contribution in [0.3, 0.4) is 0 Å². The number of hydrogen-bond donors (Lipinski definition) is 5. The molecule has 0 aliphatic heterocycles. The van der Waals surface area contributed by atoms with Crippen LogP contribution >= 0.6 is 34.5 Å². The van der Waals surface area contributed by atoms with Gasteiger partial charge in [-0.25, -0.2) is 9.92 Å². The van der Waals surface area contributed by atoms with Gasteiger partial charge < -0.3 is 21.1 Å². The molecular weight excluding hydrogens is 562 g/mol. The van der Waals surface area contributed by atoms with Crippen molar-refractivity contribution in [3.05, 3.63) is 91.7 Å². The summed E-state index contributed by atoms with van der Waals surface area (Å²) in [4.78, 5) is 5.05. The first-order valence-corrected chi connectivity index (χ1v) is 12.9. The Bertz CT molecular complexity index is 1660. The van der Waals surface area contributed by atoms with Crippen molar-refractivity contribution >= 4 is 62.5 Å². The molecule has 0 spiro atoms. The third kappa shape index (κ3) is 6.25. The zero-order chi connectivity index (χ0) is 27.9. The Hall–Kier alpha value is -4.26. The Balaban J connectivity index is 1.82. The summed E-state index contributed by atoms with van der Waals surface area (Å²) >= 11 is 13.9. The lowest BCUT2D eigenvalue weighted by molar-refractivity contribution is 0.298. The summed E-state index contributed by atoms with van der Waals surface area (Å²) < 4.78 is 13.7. The Morgan fingerprint density at radius 1 is 1.18 bits per heavy atom. The van der Waals surface area contributed by atoms with Gasteiger partial charge in [0.25, 0.3) is 0 Å². The Kier molecular flexibility index (Phi) is 8.92. The molecule has 13 heteroatoms. The highest BCUT2D eigenvalue weighted by atomic mass is 35.5. The van der Waals surface area contributed by atoms with Gasteiger partial charge >= 0.3 is 0 Å². The lowest BCUT2D eigenvalue weighted by Crippen LogP contribution is -2.16. The minimum atomic E-state index is -0.659. The smallest absolute Gasteiger partial charge is 0.141 e. The third-order valence-electron chi connectivity index (χ3n) is 5.51. The number of pyridine rings is 1. The van der Waals surface area contributed by atoms with Crippen LogP contribution < -0.4 is 16.0 Å². The zero-order valence-corrected chi connectivity index (χ0v) is 22.3. The van der Waals surface area contributed by atoms with E-state index in [-0.39, 0.29) is 34.5 Å². The summed E-state index contributed by atoms with van der Waals surface area (Å²) in [5.74, 6) is -0.576. The van der Waals surface area contributed by atoms with Gasteiger partial charge in [0.15, 0.2) is 0 Å². The Labute approximate surface area is 236 Å². The quantitative estimate of drug-likeness (QED) is 0.102. The molecule has 0 radical (unpaired) electrons. The molecule has 5 N–H and O–H groups in total. The first-order chi connectivity index (χ1) is 18.9. The fourth-order valence-electron chi connectivity index (χ4n) is 3.72. The summed E-state index contributed by atoms with van der Waals surface area (Å²) in [6, 6.07) is 12.7. The van der Waals surface area contributed by atoms with E-state index in [1.54, 1.807) is 23.6 Å². The minimum absolute atomic E-state index is 0.0824. The van der Waals surface area contributed by atoms with E-state index in [0.29, 0.717) is 38.4 Å². The molecule has 0 saturated carbocycles. The van der Waals surface area contributed by atoms with Crippen molar-refractivity contribution in [2.45, 2.75) is 6.04 Å². The number of aliphatic hydroxyl groups excluding tert-OH is 1. The molecule has 0 fully saturated rings. The lowest BCUT2D eigenvalue weighted by atomic mass is 10.1. The maximum absolute atomic E-state index is 13.7. The van der Waals surface area contributed by atoms with E-state index in [4.69, 9.17) is 33.8 Å². The molecule has 2 aromatic carbocycles. The fraction of sp³-hybridized carbons (Fsp3) is 0.115. The molecule has 2 aromatic heterocycles. The highest BCUT2D eigenvalue weighted by Gasteiger charge is 2.21. The average Bonchev–Trinajstić information content (AvgIpc) is 3.42. The van der Waals surface area contributed by atoms with Crippen molar-refractivity contribution in [3.63, 3.8) is 0 Å². The highest BCUT2D eigenvalue weighted by molar-refractivity contribution is 7.10. The van der Waals surface area contributed by atoms with E-state index >= 15 is 0 Å². The average molecular weight is 581 g/mol. The molecule has 2 heterocycles. The second-order valence-electron chi connectivity index (χ2n) is 8.05. The van der Waals surface area contributed by atoms with Crippen LogP contribution in [0.4, 0.5) is 21.5 Å². The van der Waals surface area contributed by atoms with Gasteiger partial charge in [-0.3, -0.25) is 4.98 Å². The van der Waals surface area contributed by atoms with E-state index < -0.39 is 11.9 Å². The Morgan fingerprint density at radius 3 is 2.64 bits per heavy atom. The number of benzene rings is 2. The van der Waals surface area contributed by atoms with Crippen molar-refractivity contribution in [2.75, 3.05) is 23.8 Å². The van der Waals surface area contributed by atoms with Crippen LogP contribution in [0.25, 0.3) is 10.9 Å². The number of aromatic nitrogens is 1. The van der Waals surface area contributed by atoms with Crippen molar-refractivity contribution < 1.29 is 9.50 Å². The van der Waals surface area contributed by atoms with Gasteiger partial charge in [0.2, 0.25) is 0 Å². The number of nitrogens with zero attached hydrogens (tertiary/aromatic N) is 4. The second kappa shape index (κ2) is 12.5. The molecule has 0 unspecified atom stereocenters. The van der Waals surface area contributed by atoms with Gasteiger partial charge in [-0.05, 0) is 36.4 Å². The van der Waals surface area contributed by atoms with E-state index in [0.717, 1.165) is 0 Å². The van der Waals surface area contributed by atoms with Crippen molar-refractivity contribution in [1.29, 1.82) is 16.1 Å². The lowest BCUT2D eigenvalue weighted by Gasteiger charge is -2.20. The molecular formula is C26H19Cl2FN8OS. The standard InChI is InChI=1S/C26H19Cl2FN8OS/c27-19-7-16(1-2-21(19)29)35-24-15(10-31)11-34-25-18(24)6-17(8-20(25)28)36-26(22(37-32)12-33-3-4-38)23-5-14(9-30)13-39-23/h1-2,5-8,11-13,26,32-33,36,38H,3-4H2,(H,34,35)/b22-12-,37-32?/t26-/m1/s1. The van der Waals surface area contributed by atoms with Crippen LogP contribution in [-0.4, -0.2) is 23.2 Å². The predicted octanol–water partition coefficient (Wildman–Crippen LogP) is 6.84. The molecule has 4 rings (SSSR count). The minimum Gasteiger partial charge on any atom is -0.395 e. The molecule has 0 saturated heterocycles. The van der Waals surface area contributed by atoms with Gasteiger partial charge in [0.05, 0.1) is 39.0 Å². The van der Waals surface area contributed by atoms with E-state index in [9.17, 15) is 14.9 Å². The van der Waals surface area contributed by atoms with E-state index in [2.05, 4.69) is 38.2 Å². The topological polar surface area (TPSA) is 153 Å². The van der Waals surface area contributed by atoms with Gasteiger partial charge in [-0.1, -0.05) is 23.2 Å². The van der Waals surface area contributed by atoms with Crippen LogP contribution in [0.5, 0.6) is 0 Å². The summed E-state index contributed by atoms with van der Waals surface area (Å²) in [6.45, 7) is 0.146. The number of fused-ring (bicyclic) bond motifs is 1. The van der Waals surface area contributed by atoms with Crippen molar-refractivity contribution in [1.82, 2.24) is 10.3 Å². The molecule has 0 aliphatic carbocycles. The summed E-state index contributed by atoms with van der Waals surface area (Å²) in [5.41, 5.74) is 10.5. The largest absolute Gasteiger partial charge is 0.395 e. The highest BCUT2D eigenvalue weighted by Crippen LogP contribution is 2.38. The number of nitriles is 2. The van der Waals surface area contributed by atoms with Crippen LogP contribution in [0, 0.1) is 34.0 Å². The van der Waals surface area contributed by atoms with E-state index in [1.807, 2.05) is 0 Å². The SMILES string of the molecule is N#Cc1csc([C@H](Nc2cc(Cl)c3ncc(C#N)c(Nc4ccc(F)c(Cl)c4)c3c2)/C(=C/NCCO)N=N)c1. The normalized spacial score (nSPS) is 11.9. The molecule has 1 atom stereocenters. The van der Waals surface area contributed by atoms with Crippen molar-refractivity contribution in [3.8, 4) is 12.1 Å². The predicted molar refractivity (Wildman–Crippen MR) is 150 cm³/mol. The molecule has 9 nitrogen and oxygen atoms in total. The molecule has 0 amide bonds. The van der Waals surface area contributed by atoms with Crippen LogP contribution in [0.15, 0.2) is 65.0 Å². The van der Waals surface area contributed by atoms with Crippen LogP contribution in [0.2, 0.25) is 10.0 Å². The second-order valence-corrected chi connectivity index (χ2v) is 9.81. The molecule has 196 valence electrons. The Morgan fingerprint density at radius 2 is 1.97 bits per heavy atom. The van der Waals surface area contributed by atoms with Gasteiger partial charge in [-0.15, -0.1) is 11.3 Å². The van der Waals surface area contributed by atoms with Gasteiger partial charge in [0, 0.05) is 46.0 Å². The summed E-state index contributed by atoms with van der Waals surface area (Å²) in [7, 11) is 0. The monoisotopic (exact) mass is 580 g/mol. The van der Waals surface area contributed by atoms with E-state index in [1.165, 1.54) is 41.9 Å². The maximum Gasteiger partial charge on any atom is 0.141 e. The van der Waals surface area contributed by atoms with Crippen LogP contribution in [0.1, 0.15) is 22.0 Å². The number of anilines is 3. The number of hydrogen-bond acceptors (Lipinski definition) is 10. The summed E-state index contributed by atoms with van der Waals surface area (Å²) in [6.07, 6.45) is 2.90. The van der Waals surface area contributed by atoms with Gasteiger partial charge in [0.1, 0.15) is 29.7 Å². The molecule has 0 aliphatic rings. The number of thiophene rings is 1. The number of aliphatic hydroxyl groups is 1. The number of rotatable bonds is 10. The fourth-order valence-corrected chi connectivity index (χ4v) is 5.07. The molecule has 4 aromatic rings. The van der Waals surface area contributed by atoms with Gasteiger partial charge in [-0.2, -0.15) is 15.6 Å². The maximum atomic E-state index is 13.7. The third-order valence-corrected chi connectivity index (χ3v) is 7.08. The van der Waals surface area contributed by atoms with Crippen molar-refractivity contribution in [2.24, 2.45) is 5.11 Å². The zero-order valence-electron chi connectivity index (χ0n) is 20.0. The summed E-state index contributed by atoms with van der Waals surface area (Å²) in [5, 5.41) is 43.6. The van der Waals surface area contributed by atoms with Crippen LogP contribution in [-0.2, 0) is 0 Å².